The van der Waals surface area contributed by atoms with Crippen molar-refractivity contribution in [3.8, 4) is 0 Å². The third-order valence-electron chi connectivity index (χ3n) is 2.16. The van der Waals surface area contributed by atoms with Crippen LogP contribution in [0.5, 0.6) is 0 Å². The lowest BCUT2D eigenvalue weighted by molar-refractivity contribution is -0.140. The number of ether oxygens (including phenoxy) is 1. The van der Waals surface area contributed by atoms with Gasteiger partial charge in [-0.2, -0.15) is 8.75 Å². The van der Waals surface area contributed by atoms with E-state index in [0.29, 0.717) is 18.7 Å². The molecule has 1 N–H and O–H groups in total. The molecule has 0 spiro atoms. The number of hydrogen-bond donors (Lipinski definition) is 1. The molecule has 0 aliphatic carbocycles. The Morgan fingerprint density at radius 2 is 2.24 bits per heavy atom. The van der Waals surface area contributed by atoms with E-state index in [9.17, 15) is 9.59 Å². The van der Waals surface area contributed by atoms with Gasteiger partial charge in [-0.25, -0.2) is 0 Å². The number of nitrogens with zero attached hydrogens (tertiary/aromatic N) is 2. The molecule has 0 fully saturated rings. The first-order valence-electron chi connectivity index (χ1n) is 5.36. The number of esters is 1. The Bertz CT molecular complexity index is 354. The Morgan fingerprint density at radius 1 is 1.41 bits per heavy atom. The smallest absolute Gasteiger partial charge is 0.305 e. The van der Waals surface area contributed by atoms with Crippen molar-refractivity contribution in [1.29, 1.82) is 0 Å². The second-order valence-electron chi connectivity index (χ2n) is 3.44. The van der Waals surface area contributed by atoms with Crippen LogP contribution in [0.3, 0.4) is 0 Å². The average Bonchev–Trinajstić information content (AvgIpc) is 2.86. The van der Waals surface area contributed by atoms with Crippen LogP contribution in [0, 0.1) is 0 Å². The molecule has 0 atom stereocenters. The summed E-state index contributed by atoms with van der Waals surface area (Å²) in [5.41, 5.74) is 0.351. The Balaban J connectivity index is 2.01. The predicted molar refractivity (Wildman–Crippen MR) is 62.7 cm³/mol. The molecule has 1 amide bonds. The van der Waals surface area contributed by atoms with Crippen LogP contribution < -0.4 is 5.32 Å². The number of nitrogens with one attached hydrogen (secondary N) is 1. The first kappa shape index (κ1) is 13.6. The van der Waals surface area contributed by atoms with Gasteiger partial charge in [-0.15, -0.1) is 0 Å². The van der Waals surface area contributed by atoms with E-state index in [1.807, 2.05) is 0 Å². The molecular formula is C10H15N3O3S. The molecular weight excluding hydrogens is 242 g/mol. The zero-order chi connectivity index (χ0) is 12.5. The monoisotopic (exact) mass is 257 g/mol. The van der Waals surface area contributed by atoms with Gasteiger partial charge in [0.1, 0.15) is 0 Å². The number of carbonyl (C=O) groups excluding carboxylic acids is 2. The third kappa shape index (κ3) is 5.39. The fourth-order valence-corrected chi connectivity index (χ4v) is 1.64. The summed E-state index contributed by atoms with van der Waals surface area (Å²) >= 11 is 1.01. The molecule has 0 saturated carbocycles. The van der Waals surface area contributed by atoms with E-state index in [1.165, 1.54) is 13.3 Å². The summed E-state index contributed by atoms with van der Waals surface area (Å²) in [6.45, 7) is 0.581. The van der Waals surface area contributed by atoms with Gasteiger partial charge in [0.25, 0.3) is 5.91 Å². The van der Waals surface area contributed by atoms with Gasteiger partial charge >= 0.3 is 5.97 Å². The molecule has 0 aliphatic rings. The zero-order valence-electron chi connectivity index (χ0n) is 9.64. The van der Waals surface area contributed by atoms with Crippen LogP contribution in [0.15, 0.2) is 6.20 Å². The molecule has 0 saturated heterocycles. The highest BCUT2D eigenvalue weighted by molar-refractivity contribution is 6.99. The maximum Gasteiger partial charge on any atom is 0.305 e. The normalized spacial score (nSPS) is 9.94. The molecule has 0 aliphatic heterocycles. The summed E-state index contributed by atoms with van der Waals surface area (Å²) < 4.78 is 12.1. The van der Waals surface area contributed by atoms with Gasteiger partial charge < -0.3 is 10.1 Å². The largest absolute Gasteiger partial charge is 0.469 e. The minimum absolute atomic E-state index is 0.192. The summed E-state index contributed by atoms with van der Waals surface area (Å²) in [5.74, 6) is -0.394. The van der Waals surface area contributed by atoms with E-state index in [2.05, 4.69) is 18.8 Å². The maximum absolute atomic E-state index is 11.4. The van der Waals surface area contributed by atoms with Crippen LogP contribution in [0.1, 0.15) is 36.2 Å². The van der Waals surface area contributed by atoms with Crippen molar-refractivity contribution in [1.82, 2.24) is 14.1 Å². The Kier molecular flexibility index (Phi) is 6.16. The van der Waals surface area contributed by atoms with Crippen LogP contribution in [0.25, 0.3) is 0 Å². The van der Waals surface area contributed by atoms with E-state index in [-0.39, 0.29) is 11.9 Å². The number of aromatic nitrogens is 2. The first-order valence-corrected chi connectivity index (χ1v) is 6.09. The highest BCUT2D eigenvalue weighted by Gasteiger charge is 2.07. The van der Waals surface area contributed by atoms with E-state index in [4.69, 9.17) is 0 Å². The molecule has 0 aromatic carbocycles. The molecule has 94 valence electrons. The van der Waals surface area contributed by atoms with Crippen LogP contribution >= 0.6 is 11.7 Å². The van der Waals surface area contributed by atoms with E-state index in [1.54, 1.807) is 0 Å². The Hall–Kier alpha value is -1.50. The van der Waals surface area contributed by atoms with E-state index >= 15 is 0 Å². The van der Waals surface area contributed by atoms with Gasteiger partial charge in [0, 0.05) is 13.0 Å². The van der Waals surface area contributed by atoms with Gasteiger partial charge in [0.15, 0.2) is 5.69 Å². The van der Waals surface area contributed by atoms with Crippen molar-refractivity contribution >= 4 is 23.6 Å². The standard InChI is InChI=1S/C10H15N3O3S/c1-16-9(14)5-3-2-4-6-11-10(15)8-7-12-17-13-8/h7H,2-6H2,1H3,(H,11,15). The number of rotatable bonds is 7. The average molecular weight is 257 g/mol. The molecule has 1 heterocycles. The molecule has 1 aromatic heterocycles. The van der Waals surface area contributed by atoms with Gasteiger partial charge in [-0.3, -0.25) is 9.59 Å². The Morgan fingerprint density at radius 3 is 2.88 bits per heavy atom. The molecule has 1 rings (SSSR count). The summed E-state index contributed by atoms with van der Waals surface area (Å²) in [6, 6.07) is 0. The molecule has 7 heteroatoms. The summed E-state index contributed by atoms with van der Waals surface area (Å²) in [5, 5.41) is 2.74. The minimum Gasteiger partial charge on any atom is -0.469 e. The lowest BCUT2D eigenvalue weighted by Crippen LogP contribution is -2.24. The highest BCUT2D eigenvalue weighted by atomic mass is 32.1. The second-order valence-corrected chi connectivity index (χ2v) is 3.99. The summed E-state index contributed by atoms with van der Waals surface area (Å²) in [6.07, 6.45) is 4.36. The van der Waals surface area contributed by atoms with Crippen molar-refractivity contribution in [3.05, 3.63) is 11.9 Å². The second kappa shape index (κ2) is 7.72. The Labute approximate surface area is 104 Å². The van der Waals surface area contributed by atoms with Gasteiger partial charge in [-0.1, -0.05) is 6.42 Å². The molecule has 1 aromatic rings. The van der Waals surface area contributed by atoms with Gasteiger partial charge in [-0.05, 0) is 12.8 Å². The van der Waals surface area contributed by atoms with Crippen LogP contribution in [-0.2, 0) is 9.53 Å². The number of carbonyl (C=O) groups is 2. The van der Waals surface area contributed by atoms with Gasteiger partial charge in [0.2, 0.25) is 0 Å². The number of methoxy groups -OCH3 is 1. The molecule has 0 radical (unpaired) electrons. The number of unbranched alkanes of at least 4 members (excludes halogenated alkanes) is 2. The highest BCUT2D eigenvalue weighted by Crippen LogP contribution is 2.00. The van der Waals surface area contributed by atoms with Crippen molar-refractivity contribution in [2.45, 2.75) is 25.7 Å². The third-order valence-corrected chi connectivity index (χ3v) is 2.64. The molecule has 17 heavy (non-hydrogen) atoms. The predicted octanol–water partition coefficient (Wildman–Crippen LogP) is 1.00. The molecule has 0 bridgehead atoms. The fraction of sp³-hybridized carbons (Fsp3) is 0.600. The molecule has 0 unspecified atom stereocenters. The van der Waals surface area contributed by atoms with Crippen molar-refractivity contribution < 1.29 is 14.3 Å². The summed E-state index contributed by atoms with van der Waals surface area (Å²) in [4.78, 5) is 22.2. The SMILES string of the molecule is COC(=O)CCCCCNC(=O)c1cnsn1. The van der Waals surface area contributed by atoms with Crippen molar-refractivity contribution in [2.75, 3.05) is 13.7 Å². The quantitative estimate of drug-likeness (QED) is 0.582. The van der Waals surface area contributed by atoms with E-state index < -0.39 is 0 Å². The van der Waals surface area contributed by atoms with Gasteiger partial charge in [0.05, 0.1) is 25.0 Å². The topological polar surface area (TPSA) is 81.2 Å². The van der Waals surface area contributed by atoms with Crippen LogP contribution in [0.4, 0.5) is 0 Å². The van der Waals surface area contributed by atoms with E-state index in [0.717, 1.165) is 31.0 Å². The lowest BCUT2D eigenvalue weighted by atomic mass is 10.2. The zero-order valence-corrected chi connectivity index (χ0v) is 10.5. The minimum atomic E-state index is -0.202. The first-order chi connectivity index (χ1) is 8.24. The van der Waals surface area contributed by atoms with Crippen LogP contribution in [-0.4, -0.2) is 34.3 Å². The van der Waals surface area contributed by atoms with Crippen molar-refractivity contribution in [2.24, 2.45) is 0 Å². The number of amides is 1. The van der Waals surface area contributed by atoms with Crippen molar-refractivity contribution in [3.63, 3.8) is 0 Å². The number of hydrogen-bond acceptors (Lipinski definition) is 6. The van der Waals surface area contributed by atoms with Crippen LogP contribution in [0.2, 0.25) is 0 Å². The molecule has 6 nitrogen and oxygen atoms in total. The fourth-order valence-electron chi connectivity index (χ4n) is 1.23. The summed E-state index contributed by atoms with van der Waals surface area (Å²) in [7, 11) is 1.38. The maximum atomic E-state index is 11.4. The lowest BCUT2D eigenvalue weighted by Gasteiger charge is -2.02.